The highest BCUT2D eigenvalue weighted by atomic mass is 35.5. The first-order valence-corrected chi connectivity index (χ1v) is 11.3. The summed E-state index contributed by atoms with van der Waals surface area (Å²) >= 11 is 10.3. The van der Waals surface area contributed by atoms with Crippen molar-refractivity contribution in [3.05, 3.63) is 34.9 Å². The Morgan fingerprint density at radius 1 is 1.12 bits per heavy atom. The van der Waals surface area contributed by atoms with Gasteiger partial charge in [-0.3, -0.25) is 4.79 Å². The van der Waals surface area contributed by atoms with Crippen LogP contribution in [0.3, 0.4) is 0 Å². The summed E-state index contributed by atoms with van der Waals surface area (Å²) < 4.78 is 0.450. The summed E-state index contributed by atoms with van der Waals surface area (Å²) in [6.07, 6.45) is 6.16. The Bertz CT molecular complexity index is 584. The summed E-state index contributed by atoms with van der Waals surface area (Å²) in [5.74, 6) is 4.52. The number of thioether (sulfide) groups is 2. The molecule has 1 aromatic carbocycles. The van der Waals surface area contributed by atoms with Crippen LogP contribution in [-0.2, 0) is 11.3 Å². The molecule has 1 saturated heterocycles. The van der Waals surface area contributed by atoms with Crippen LogP contribution in [0.15, 0.2) is 24.3 Å². The van der Waals surface area contributed by atoms with Crippen LogP contribution < -0.4 is 5.32 Å². The molecule has 1 amide bonds. The number of nitrogens with one attached hydrogen (secondary N) is 1. The molecule has 4 rings (SSSR count). The molecule has 24 heavy (non-hydrogen) atoms. The molecule has 1 aromatic rings. The zero-order valence-corrected chi connectivity index (χ0v) is 16.2. The molecule has 2 unspecified atom stereocenters. The second kappa shape index (κ2) is 7.13. The van der Waals surface area contributed by atoms with Gasteiger partial charge in [0.2, 0.25) is 5.91 Å². The van der Waals surface area contributed by atoms with Crippen LogP contribution in [0, 0.1) is 17.8 Å². The number of hydrogen-bond donors (Lipinski definition) is 1. The normalized spacial score (nSPS) is 31.1. The average molecular weight is 382 g/mol. The maximum Gasteiger partial charge on any atom is 0.223 e. The van der Waals surface area contributed by atoms with E-state index in [-0.39, 0.29) is 11.8 Å². The minimum Gasteiger partial charge on any atom is -0.352 e. The van der Waals surface area contributed by atoms with E-state index < -0.39 is 0 Å². The lowest BCUT2D eigenvalue weighted by atomic mass is 9.67. The molecular formula is C19H24ClNOS2. The minimum absolute atomic E-state index is 0.208. The van der Waals surface area contributed by atoms with Crippen LogP contribution in [0.1, 0.15) is 37.7 Å². The Morgan fingerprint density at radius 3 is 2.38 bits per heavy atom. The second-order valence-corrected chi connectivity index (χ2v) is 10.7. The highest BCUT2D eigenvalue weighted by Crippen LogP contribution is 2.64. The van der Waals surface area contributed by atoms with Gasteiger partial charge < -0.3 is 5.32 Å². The van der Waals surface area contributed by atoms with Crippen molar-refractivity contribution in [3.63, 3.8) is 0 Å². The van der Waals surface area contributed by atoms with Gasteiger partial charge >= 0.3 is 0 Å². The third-order valence-corrected chi connectivity index (χ3v) is 10.1. The molecule has 1 spiro atoms. The fraction of sp³-hybridized carbons (Fsp3) is 0.632. The Balaban J connectivity index is 1.38. The predicted octanol–water partition coefficient (Wildman–Crippen LogP) is 4.96. The zero-order chi connectivity index (χ0) is 16.6. The first-order valence-electron chi connectivity index (χ1n) is 8.97. The van der Waals surface area contributed by atoms with Crippen molar-refractivity contribution in [2.24, 2.45) is 17.8 Å². The van der Waals surface area contributed by atoms with Crippen molar-refractivity contribution in [3.8, 4) is 0 Å². The molecule has 2 saturated carbocycles. The predicted molar refractivity (Wildman–Crippen MR) is 105 cm³/mol. The highest BCUT2D eigenvalue weighted by molar-refractivity contribution is 8.21. The molecule has 2 atom stereocenters. The average Bonchev–Trinajstić information content (AvgIpc) is 3.03. The fourth-order valence-electron chi connectivity index (χ4n) is 4.76. The van der Waals surface area contributed by atoms with E-state index in [9.17, 15) is 4.79 Å². The lowest BCUT2D eigenvalue weighted by Gasteiger charge is -2.52. The molecule has 130 valence electrons. The van der Waals surface area contributed by atoms with E-state index in [1.165, 1.54) is 30.8 Å². The molecule has 1 N–H and O–H groups in total. The molecule has 5 heteroatoms. The van der Waals surface area contributed by atoms with Gasteiger partial charge in [-0.15, -0.1) is 23.5 Å². The number of benzene rings is 1. The molecule has 2 nitrogen and oxygen atoms in total. The molecule has 2 aliphatic carbocycles. The van der Waals surface area contributed by atoms with E-state index in [1.807, 2.05) is 24.3 Å². The number of carbonyl (C=O) groups excluding carboxylic acids is 1. The monoisotopic (exact) mass is 381 g/mol. The van der Waals surface area contributed by atoms with Crippen LogP contribution in [-0.4, -0.2) is 21.5 Å². The number of amides is 1. The highest BCUT2D eigenvalue weighted by Gasteiger charge is 2.55. The maximum atomic E-state index is 12.7. The van der Waals surface area contributed by atoms with Gasteiger partial charge in [0.1, 0.15) is 0 Å². The molecule has 0 radical (unpaired) electrons. The lowest BCUT2D eigenvalue weighted by molar-refractivity contribution is -0.127. The number of hydrogen-bond acceptors (Lipinski definition) is 3. The van der Waals surface area contributed by atoms with Crippen LogP contribution in [0.25, 0.3) is 0 Å². The zero-order valence-electron chi connectivity index (χ0n) is 13.8. The van der Waals surface area contributed by atoms with Gasteiger partial charge in [0.05, 0.1) is 4.08 Å². The van der Waals surface area contributed by atoms with Crippen molar-refractivity contribution < 1.29 is 4.79 Å². The van der Waals surface area contributed by atoms with Crippen LogP contribution >= 0.6 is 35.1 Å². The molecule has 2 bridgehead atoms. The van der Waals surface area contributed by atoms with E-state index in [0.717, 1.165) is 35.3 Å². The van der Waals surface area contributed by atoms with Crippen molar-refractivity contribution in [2.45, 2.75) is 42.7 Å². The van der Waals surface area contributed by atoms with E-state index in [4.69, 9.17) is 11.6 Å². The molecule has 1 aliphatic heterocycles. The Morgan fingerprint density at radius 2 is 1.75 bits per heavy atom. The van der Waals surface area contributed by atoms with Gasteiger partial charge in [-0.05, 0) is 55.2 Å². The molecule has 0 aromatic heterocycles. The van der Waals surface area contributed by atoms with Gasteiger partial charge in [0.25, 0.3) is 0 Å². The summed E-state index contributed by atoms with van der Waals surface area (Å²) in [7, 11) is 0. The van der Waals surface area contributed by atoms with Gasteiger partial charge in [0.15, 0.2) is 0 Å². The van der Waals surface area contributed by atoms with Crippen molar-refractivity contribution in [1.29, 1.82) is 0 Å². The standard InChI is InChI=1S/C19H24ClNOS2/c20-17-6-4-13(5-7-17)12-21-18(22)14-10-15-2-1-3-16(11-14)19(15)23-8-9-24-19/h4-7,14-16H,1-3,8-12H2,(H,21,22). The summed E-state index contributed by atoms with van der Waals surface area (Å²) in [6.45, 7) is 0.608. The summed E-state index contributed by atoms with van der Waals surface area (Å²) in [5, 5.41) is 3.90. The van der Waals surface area contributed by atoms with E-state index in [0.29, 0.717) is 10.6 Å². The van der Waals surface area contributed by atoms with Crippen LogP contribution in [0.5, 0.6) is 0 Å². The van der Waals surface area contributed by atoms with Crippen molar-refractivity contribution in [2.75, 3.05) is 11.5 Å². The molecular weight excluding hydrogens is 358 g/mol. The minimum atomic E-state index is 0.208. The summed E-state index contributed by atoms with van der Waals surface area (Å²) in [5.41, 5.74) is 1.11. The quantitative estimate of drug-likeness (QED) is 0.802. The van der Waals surface area contributed by atoms with Gasteiger partial charge in [-0.25, -0.2) is 0 Å². The van der Waals surface area contributed by atoms with Crippen LogP contribution in [0.4, 0.5) is 0 Å². The number of carbonyl (C=O) groups is 1. The van der Waals surface area contributed by atoms with Gasteiger partial charge in [0, 0.05) is 29.0 Å². The summed E-state index contributed by atoms with van der Waals surface area (Å²) in [4.78, 5) is 12.7. The Kier molecular flexibility index (Phi) is 5.08. The second-order valence-electron chi connectivity index (χ2n) is 7.26. The van der Waals surface area contributed by atoms with Gasteiger partial charge in [-0.1, -0.05) is 30.2 Å². The lowest BCUT2D eigenvalue weighted by Crippen LogP contribution is -2.49. The smallest absolute Gasteiger partial charge is 0.223 e. The topological polar surface area (TPSA) is 29.1 Å². The number of rotatable bonds is 3. The van der Waals surface area contributed by atoms with Gasteiger partial charge in [-0.2, -0.15) is 0 Å². The maximum absolute atomic E-state index is 12.7. The van der Waals surface area contributed by atoms with E-state index in [2.05, 4.69) is 28.8 Å². The van der Waals surface area contributed by atoms with Crippen molar-refractivity contribution >= 4 is 41.0 Å². The van der Waals surface area contributed by atoms with Crippen LogP contribution in [0.2, 0.25) is 5.02 Å². The van der Waals surface area contributed by atoms with E-state index >= 15 is 0 Å². The van der Waals surface area contributed by atoms with Crippen molar-refractivity contribution in [1.82, 2.24) is 5.32 Å². The first kappa shape index (κ1) is 17.1. The number of halogens is 1. The largest absolute Gasteiger partial charge is 0.352 e. The Hall–Kier alpha value is -0.320. The molecule has 3 fully saturated rings. The Labute approximate surface area is 157 Å². The molecule has 3 aliphatic rings. The van der Waals surface area contributed by atoms with E-state index in [1.54, 1.807) is 0 Å². The SMILES string of the molecule is O=C(NCc1ccc(Cl)cc1)C1CC2CCCC(C1)C21SCCS1. The summed E-state index contributed by atoms with van der Waals surface area (Å²) in [6, 6.07) is 7.73. The molecule has 1 heterocycles. The third kappa shape index (κ3) is 3.22. The third-order valence-electron chi connectivity index (χ3n) is 5.87. The fourth-order valence-corrected chi connectivity index (χ4v) is 8.82. The first-order chi connectivity index (χ1) is 11.7.